The summed E-state index contributed by atoms with van der Waals surface area (Å²) >= 11 is 0. The van der Waals surface area contributed by atoms with E-state index >= 15 is 0 Å². The average molecular weight is 263 g/mol. The van der Waals surface area contributed by atoms with Crippen LogP contribution < -0.4 is 10.2 Å². The second-order valence-corrected chi connectivity index (χ2v) is 5.32. The largest absolute Gasteiger partial charge is 0.357 e. The monoisotopic (exact) mass is 263 g/mol. The first-order valence-electron chi connectivity index (χ1n) is 7.12. The van der Waals surface area contributed by atoms with Gasteiger partial charge in [0.1, 0.15) is 5.82 Å². The Balaban J connectivity index is 2.31. The summed E-state index contributed by atoms with van der Waals surface area (Å²) in [5.41, 5.74) is 1.15. The molecule has 1 aromatic heterocycles. The highest BCUT2D eigenvalue weighted by Crippen LogP contribution is 2.23. The highest BCUT2D eigenvalue weighted by molar-refractivity contribution is 5.50. The molecule has 1 atom stereocenters. The summed E-state index contributed by atoms with van der Waals surface area (Å²) in [6, 6.07) is 0.533. The van der Waals surface area contributed by atoms with Gasteiger partial charge in [-0.05, 0) is 33.4 Å². The molecule has 0 aromatic carbocycles. The van der Waals surface area contributed by atoms with Crippen molar-refractivity contribution in [2.75, 3.05) is 43.9 Å². The fourth-order valence-corrected chi connectivity index (χ4v) is 2.72. The molecule has 2 heterocycles. The van der Waals surface area contributed by atoms with Gasteiger partial charge >= 0.3 is 0 Å². The van der Waals surface area contributed by atoms with E-state index in [4.69, 9.17) is 0 Å². The Morgan fingerprint density at radius 1 is 1.42 bits per heavy atom. The fraction of sp³-hybridized carbons (Fsp3) is 0.714. The van der Waals surface area contributed by atoms with Crippen LogP contribution in [0.15, 0.2) is 6.20 Å². The van der Waals surface area contributed by atoms with Crippen molar-refractivity contribution < 1.29 is 0 Å². The molecule has 1 aliphatic rings. The molecule has 5 nitrogen and oxygen atoms in total. The van der Waals surface area contributed by atoms with Crippen LogP contribution in [0, 0.1) is 6.92 Å². The molecule has 106 valence electrons. The minimum absolute atomic E-state index is 0.533. The minimum atomic E-state index is 0.533. The van der Waals surface area contributed by atoms with Gasteiger partial charge in [0.2, 0.25) is 5.95 Å². The van der Waals surface area contributed by atoms with Gasteiger partial charge in [0.25, 0.3) is 0 Å². The molecule has 1 aromatic rings. The summed E-state index contributed by atoms with van der Waals surface area (Å²) < 4.78 is 0. The van der Waals surface area contributed by atoms with Crippen molar-refractivity contribution in [1.29, 1.82) is 0 Å². The van der Waals surface area contributed by atoms with Gasteiger partial charge in [-0.1, -0.05) is 6.92 Å². The molecule has 0 saturated carbocycles. The Bertz CT molecular complexity index is 420. The number of aromatic nitrogens is 2. The minimum Gasteiger partial charge on any atom is -0.357 e. The third kappa shape index (κ3) is 3.15. The standard InChI is InChI=1S/C14H25N5/c1-5-12-10-18(4)7-6-8-19(12)13-11(2)9-16-14(15-3)17-13/h9,12H,5-8,10H2,1-4H3,(H,15,16,17). The first-order valence-corrected chi connectivity index (χ1v) is 7.12. The van der Waals surface area contributed by atoms with Crippen molar-refractivity contribution in [2.45, 2.75) is 32.7 Å². The Hall–Kier alpha value is -1.36. The predicted octanol–water partition coefficient (Wildman–Crippen LogP) is 1.75. The summed E-state index contributed by atoms with van der Waals surface area (Å²) in [5, 5.41) is 3.03. The van der Waals surface area contributed by atoms with Gasteiger partial charge < -0.3 is 15.1 Å². The number of hydrogen-bond donors (Lipinski definition) is 1. The molecule has 2 rings (SSSR count). The van der Waals surface area contributed by atoms with Crippen molar-refractivity contribution in [3.8, 4) is 0 Å². The zero-order chi connectivity index (χ0) is 13.8. The summed E-state index contributed by atoms with van der Waals surface area (Å²) in [6.07, 6.45) is 4.24. The van der Waals surface area contributed by atoms with E-state index in [-0.39, 0.29) is 0 Å². The van der Waals surface area contributed by atoms with Gasteiger partial charge in [0.15, 0.2) is 0 Å². The molecular weight excluding hydrogens is 238 g/mol. The summed E-state index contributed by atoms with van der Waals surface area (Å²) in [7, 11) is 4.07. The van der Waals surface area contributed by atoms with Crippen LogP contribution in [0.1, 0.15) is 25.3 Å². The molecule has 0 aliphatic carbocycles. The smallest absolute Gasteiger partial charge is 0.224 e. The highest BCUT2D eigenvalue weighted by Gasteiger charge is 2.24. The van der Waals surface area contributed by atoms with Crippen LogP contribution in [0.5, 0.6) is 0 Å². The molecule has 0 spiro atoms. The Morgan fingerprint density at radius 2 is 2.21 bits per heavy atom. The van der Waals surface area contributed by atoms with Gasteiger partial charge in [-0.3, -0.25) is 0 Å². The second kappa shape index (κ2) is 6.19. The maximum Gasteiger partial charge on any atom is 0.224 e. The van der Waals surface area contributed by atoms with Gasteiger partial charge in [0, 0.05) is 37.9 Å². The van der Waals surface area contributed by atoms with Crippen molar-refractivity contribution >= 4 is 11.8 Å². The van der Waals surface area contributed by atoms with Gasteiger partial charge in [-0.2, -0.15) is 4.98 Å². The van der Waals surface area contributed by atoms with Crippen LogP contribution in [-0.2, 0) is 0 Å². The Labute approximate surface area is 116 Å². The van der Waals surface area contributed by atoms with E-state index in [0.29, 0.717) is 12.0 Å². The van der Waals surface area contributed by atoms with Crippen molar-refractivity contribution in [1.82, 2.24) is 14.9 Å². The number of aryl methyl sites for hydroxylation is 1. The average Bonchev–Trinajstić information content (AvgIpc) is 2.60. The van der Waals surface area contributed by atoms with Crippen LogP contribution in [0.2, 0.25) is 0 Å². The third-order valence-corrected chi connectivity index (χ3v) is 3.81. The topological polar surface area (TPSA) is 44.3 Å². The Morgan fingerprint density at radius 3 is 2.89 bits per heavy atom. The number of nitrogens with zero attached hydrogens (tertiary/aromatic N) is 4. The normalized spacial score (nSPS) is 21.3. The van der Waals surface area contributed by atoms with E-state index in [1.54, 1.807) is 0 Å². The van der Waals surface area contributed by atoms with Crippen LogP contribution >= 0.6 is 0 Å². The highest BCUT2D eigenvalue weighted by atomic mass is 15.3. The van der Waals surface area contributed by atoms with E-state index in [1.807, 2.05) is 13.2 Å². The molecule has 1 aliphatic heterocycles. The maximum atomic E-state index is 4.66. The molecule has 1 fully saturated rings. The first-order chi connectivity index (χ1) is 9.15. The second-order valence-electron chi connectivity index (χ2n) is 5.32. The summed E-state index contributed by atoms with van der Waals surface area (Å²) in [5.74, 6) is 1.79. The molecule has 1 saturated heterocycles. The Kier molecular flexibility index (Phi) is 4.58. The zero-order valence-corrected chi connectivity index (χ0v) is 12.5. The number of rotatable bonds is 3. The number of hydrogen-bond acceptors (Lipinski definition) is 5. The van der Waals surface area contributed by atoms with E-state index in [9.17, 15) is 0 Å². The molecule has 0 amide bonds. The lowest BCUT2D eigenvalue weighted by atomic mass is 10.1. The zero-order valence-electron chi connectivity index (χ0n) is 12.5. The number of nitrogens with one attached hydrogen (secondary N) is 1. The van der Waals surface area contributed by atoms with E-state index in [2.05, 4.69) is 46.0 Å². The summed E-state index contributed by atoms with van der Waals surface area (Å²) in [4.78, 5) is 13.8. The maximum absolute atomic E-state index is 4.66. The predicted molar refractivity (Wildman–Crippen MR) is 79.9 cm³/mol. The quantitative estimate of drug-likeness (QED) is 0.900. The van der Waals surface area contributed by atoms with Crippen LogP contribution in [0.4, 0.5) is 11.8 Å². The molecule has 0 bridgehead atoms. The molecular formula is C14H25N5. The number of likely N-dealkylation sites (N-methyl/N-ethyl adjacent to an activating group) is 1. The lowest BCUT2D eigenvalue weighted by Crippen LogP contribution is -2.40. The molecule has 0 radical (unpaired) electrons. The van der Waals surface area contributed by atoms with Crippen LogP contribution in [0.3, 0.4) is 0 Å². The molecule has 19 heavy (non-hydrogen) atoms. The van der Waals surface area contributed by atoms with Crippen molar-refractivity contribution in [3.05, 3.63) is 11.8 Å². The van der Waals surface area contributed by atoms with Gasteiger partial charge in [-0.15, -0.1) is 0 Å². The van der Waals surface area contributed by atoms with E-state index in [0.717, 1.165) is 37.4 Å². The van der Waals surface area contributed by atoms with Crippen molar-refractivity contribution in [2.24, 2.45) is 0 Å². The SMILES string of the molecule is CCC1CN(C)CCCN1c1nc(NC)ncc1C. The lowest BCUT2D eigenvalue weighted by molar-refractivity contribution is 0.327. The van der Waals surface area contributed by atoms with Gasteiger partial charge in [0.05, 0.1) is 0 Å². The molecule has 5 heteroatoms. The summed E-state index contributed by atoms with van der Waals surface area (Å²) in [6.45, 7) is 7.69. The van der Waals surface area contributed by atoms with E-state index < -0.39 is 0 Å². The van der Waals surface area contributed by atoms with E-state index in [1.165, 1.54) is 6.42 Å². The third-order valence-electron chi connectivity index (χ3n) is 3.81. The van der Waals surface area contributed by atoms with Crippen molar-refractivity contribution in [3.63, 3.8) is 0 Å². The van der Waals surface area contributed by atoms with Crippen LogP contribution in [-0.4, -0.2) is 54.6 Å². The number of anilines is 2. The van der Waals surface area contributed by atoms with Gasteiger partial charge in [-0.25, -0.2) is 4.98 Å². The molecule has 1 unspecified atom stereocenters. The lowest BCUT2D eigenvalue weighted by Gasteiger charge is -2.32. The fourth-order valence-electron chi connectivity index (χ4n) is 2.72. The molecule has 1 N–H and O–H groups in total. The van der Waals surface area contributed by atoms with Crippen LogP contribution in [0.25, 0.3) is 0 Å². The first kappa shape index (κ1) is 14.1.